The maximum absolute atomic E-state index is 12.9. The van der Waals surface area contributed by atoms with E-state index in [1.807, 2.05) is 0 Å². The molecule has 0 unspecified atom stereocenters. The van der Waals surface area contributed by atoms with Crippen LogP contribution in [-0.2, 0) is 9.59 Å². The van der Waals surface area contributed by atoms with Crippen molar-refractivity contribution in [3.63, 3.8) is 0 Å². The number of likely N-dealkylation sites (tertiary alicyclic amines) is 1. The number of benzene rings is 2. The quantitative estimate of drug-likeness (QED) is 0.222. The van der Waals surface area contributed by atoms with Crippen LogP contribution in [0.25, 0.3) is 5.76 Å². The van der Waals surface area contributed by atoms with Gasteiger partial charge in [0, 0.05) is 17.7 Å². The van der Waals surface area contributed by atoms with Crippen LogP contribution in [-0.4, -0.2) is 52.8 Å². The van der Waals surface area contributed by atoms with Crippen LogP contribution in [0.4, 0.5) is 5.69 Å². The fourth-order valence-electron chi connectivity index (χ4n) is 3.87. The molecule has 0 aliphatic carbocycles. The van der Waals surface area contributed by atoms with Crippen molar-refractivity contribution in [2.24, 2.45) is 0 Å². The number of nitrogens with zero attached hydrogens (tertiary/aromatic N) is 2. The molecular weight excluding hydrogens is 398 g/mol. The van der Waals surface area contributed by atoms with Crippen LogP contribution in [0.15, 0.2) is 60.2 Å². The summed E-state index contributed by atoms with van der Waals surface area (Å²) in [7, 11) is 0. The first-order valence-corrected chi connectivity index (χ1v) is 10.3. The molecule has 0 bridgehead atoms. The van der Waals surface area contributed by atoms with Gasteiger partial charge in [-0.15, -0.1) is 0 Å². The second kappa shape index (κ2) is 9.53. The van der Waals surface area contributed by atoms with Gasteiger partial charge in [0.05, 0.1) is 42.7 Å². The summed E-state index contributed by atoms with van der Waals surface area (Å²) in [6.07, 6.45) is 0. The number of Topliss-reactive ketones (excluding diaryl/α,β-unsaturated/α-hetero) is 1. The normalized spacial score (nSPS) is 18.0. The molecule has 31 heavy (non-hydrogen) atoms. The molecule has 162 valence electrons. The Hall–Kier alpha value is -3.52. The number of aliphatic hydroxyl groups is 1. The fourth-order valence-corrected chi connectivity index (χ4v) is 3.87. The zero-order valence-corrected chi connectivity index (χ0v) is 17.6. The van der Waals surface area contributed by atoms with Crippen LogP contribution >= 0.6 is 0 Å². The lowest BCUT2D eigenvalue weighted by Crippen LogP contribution is -3.12. The first-order chi connectivity index (χ1) is 14.9. The Kier molecular flexibility index (Phi) is 6.81. The van der Waals surface area contributed by atoms with Crippen LogP contribution in [0.1, 0.15) is 31.0 Å². The van der Waals surface area contributed by atoms with E-state index in [4.69, 9.17) is 0 Å². The van der Waals surface area contributed by atoms with Gasteiger partial charge in [0.2, 0.25) is 0 Å². The molecule has 0 saturated carbocycles. The van der Waals surface area contributed by atoms with E-state index >= 15 is 0 Å². The van der Waals surface area contributed by atoms with E-state index in [-0.39, 0.29) is 17.0 Å². The highest BCUT2D eigenvalue weighted by molar-refractivity contribution is 6.46. The van der Waals surface area contributed by atoms with Crippen molar-refractivity contribution in [1.29, 1.82) is 0 Å². The number of nitrogens with one attached hydrogen (secondary N) is 1. The summed E-state index contributed by atoms with van der Waals surface area (Å²) in [6.45, 7) is 6.84. The molecule has 1 fully saturated rings. The Morgan fingerprint density at radius 1 is 1.06 bits per heavy atom. The minimum absolute atomic E-state index is 0.000370. The molecule has 0 spiro atoms. The maximum Gasteiger partial charge on any atom is 0.295 e. The zero-order valence-electron chi connectivity index (χ0n) is 17.6. The van der Waals surface area contributed by atoms with Crippen LogP contribution in [0.2, 0.25) is 0 Å². The third kappa shape index (κ3) is 4.49. The SMILES string of the molecule is CC[NH+](CC)CCN1C(=O)C(=O)C(=C(O)c2ccccc2)[C@H]1c1ccc([N+](=O)[O-])cc1. The summed E-state index contributed by atoms with van der Waals surface area (Å²) in [6, 6.07) is 13.5. The molecule has 3 rings (SSSR count). The van der Waals surface area contributed by atoms with Crippen LogP contribution < -0.4 is 4.90 Å². The van der Waals surface area contributed by atoms with Gasteiger partial charge in [-0.05, 0) is 31.5 Å². The Morgan fingerprint density at radius 2 is 1.68 bits per heavy atom. The Morgan fingerprint density at radius 3 is 2.23 bits per heavy atom. The van der Waals surface area contributed by atoms with Gasteiger partial charge in [-0.1, -0.05) is 30.3 Å². The molecule has 8 nitrogen and oxygen atoms in total. The van der Waals surface area contributed by atoms with Crippen molar-refractivity contribution in [2.75, 3.05) is 26.2 Å². The van der Waals surface area contributed by atoms with E-state index in [9.17, 15) is 24.8 Å². The Labute approximate surface area is 180 Å². The van der Waals surface area contributed by atoms with Gasteiger partial charge in [-0.3, -0.25) is 19.7 Å². The van der Waals surface area contributed by atoms with E-state index in [0.29, 0.717) is 24.2 Å². The van der Waals surface area contributed by atoms with E-state index < -0.39 is 22.7 Å². The number of non-ortho nitro benzene ring substituents is 1. The molecule has 2 aromatic carbocycles. The number of aliphatic hydroxyl groups excluding tert-OH is 1. The number of ketones is 1. The molecular formula is C23H26N3O5+. The van der Waals surface area contributed by atoms with Gasteiger partial charge in [0.25, 0.3) is 17.4 Å². The second-order valence-electron chi connectivity index (χ2n) is 7.41. The number of carbonyl (C=O) groups excluding carboxylic acids is 2. The van der Waals surface area contributed by atoms with E-state index in [1.165, 1.54) is 34.1 Å². The number of likely N-dealkylation sites (N-methyl/N-ethyl adjacent to an activating group) is 1. The predicted octanol–water partition coefficient (Wildman–Crippen LogP) is 1.94. The number of rotatable bonds is 8. The third-order valence-corrected chi connectivity index (χ3v) is 5.71. The van der Waals surface area contributed by atoms with Gasteiger partial charge in [-0.25, -0.2) is 0 Å². The highest BCUT2D eigenvalue weighted by Gasteiger charge is 2.46. The standard InChI is InChI=1S/C23H25N3O5/c1-3-24(4-2)14-15-25-20(16-10-12-18(13-11-16)26(30)31)19(22(28)23(25)29)21(27)17-8-6-5-7-9-17/h5-13,20,27H,3-4,14-15H2,1-2H3/p+1/t20-/m1/s1. The molecule has 1 aliphatic rings. The van der Waals surface area contributed by atoms with Crippen molar-refractivity contribution in [1.82, 2.24) is 4.90 Å². The topological polar surface area (TPSA) is 105 Å². The first-order valence-electron chi connectivity index (χ1n) is 10.3. The molecule has 0 aromatic heterocycles. The first kappa shape index (κ1) is 22.2. The smallest absolute Gasteiger partial charge is 0.295 e. The predicted molar refractivity (Wildman–Crippen MR) is 115 cm³/mol. The Balaban J connectivity index is 2.09. The molecule has 8 heteroatoms. The van der Waals surface area contributed by atoms with Gasteiger partial charge in [-0.2, -0.15) is 0 Å². The molecule has 1 heterocycles. The molecule has 2 aromatic rings. The van der Waals surface area contributed by atoms with E-state index in [1.54, 1.807) is 30.3 Å². The monoisotopic (exact) mass is 424 g/mol. The van der Waals surface area contributed by atoms with Gasteiger partial charge in [0.15, 0.2) is 0 Å². The third-order valence-electron chi connectivity index (χ3n) is 5.71. The van der Waals surface area contributed by atoms with Gasteiger partial charge >= 0.3 is 0 Å². The summed E-state index contributed by atoms with van der Waals surface area (Å²) in [4.78, 5) is 39.1. The van der Waals surface area contributed by atoms with Crippen LogP contribution in [0.5, 0.6) is 0 Å². The largest absolute Gasteiger partial charge is 0.507 e. The maximum atomic E-state index is 12.9. The number of quaternary nitrogens is 1. The highest BCUT2D eigenvalue weighted by atomic mass is 16.6. The fraction of sp³-hybridized carbons (Fsp3) is 0.304. The minimum Gasteiger partial charge on any atom is -0.507 e. The van der Waals surface area contributed by atoms with Crippen LogP contribution in [0.3, 0.4) is 0 Å². The zero-order chi connectivity index (χ0) is 22.5. The number of hydrogen-bond donors (Lipinski definition) is 2. The van der Waals surface area contributed by atoms with Crippen molar-refractivity contribution in [2.45, 2.75) is 19.9 Å². The lowest BCUT2D eigenvalue weighted by Gasteiger charge is -2.26. The molecule has 0 radical (unpaired) electrons. The molecule has 1 saturated heterocycles. The van der Waals surface area contributed by atoms with Crippen molar-refractivity contribution >= 4 is 23.1 Å². The lowest BCUT2D eigenvalue weighted by molar-refractivity contribution is -0.895. The number of carbonyl (C=O) groups is 2. The average molecular weight is 424 g/mol. The van der Waals surface area contributed by atoms with E-state index in [2.05, 4.69) is 13.8 Å². The molecule has 2 N–H and O–H groups in total. The molecule has 1 atom stereocenters. The Bertz CT molecular complexity index is 998. The van der Waals surface area contributed by atoms with Crippen LogP contribution in [0, 0.1) is 10.1 Å². The summed E-state index contributed by atoms with van der Waals surface area (Å²) in [5.74, 6) is -1.67. The lowest BCUT2D eigenvalue weighted by atomic mass is 9.95. The second-order valence-corrected chi connectivity index (χ2v) is 7.41. The summed E-state index contributed by atoms with van der Waals surface area (Å²) in [5.41, 5.74) is 0.884. The minimum atomic E-state index is -0.809. The summed E-state index contributed by atoms with van der Waals surface area (Å²) < 4.78 is 0. The van der Waals surface area contributed by atoms with E-state index in [0.717, 1.165) is 13.1 Å². The summed E-state index contributed by atoms with van der Waals surface area (Å²) in [5, 5.41) is 22.0. The van der Waals surface area contributed by atoms with Gasteiger partial charge < -0.3 is 14.9 Å². The van der Waals surface area contributed by atoms with Crippen molar-refractivity contribution in [3.8, 4) is 0 Å². The molecule has 1 aliphatic heterocycles. The highest BCUT2D eigenvalue weighted by Crippen LogP contribution is 2.39. The molecule has 1 amide bonds. The number of nitro benzene ring substituents is 1. The van der Waals surface area contributed by atoms with Crippen molar-refractivity contribution in [3.05, 3.63) is 81.4 Å². The number of amides is 1. The number of nitro groups is 1. The number of hydrogen-bond acceptors (Lipinski definition) is 5. The van der Waals surface area contributed by atoms with Gasteiger partial charge in [0.1, 0.15) is 5.76 Å². The average Bonchev–Trinajstić information content (AvgIpc) is 3.04. The summed E-state index contributed by atoms with van der Waals surface area (Å²) >= 11 is 0. The van der Waals surface area contributed by atoms with Crippen molar-refractivity contribution < 1.29 is 24.5 Å².